The van der Waals surface area contributed by atoms with E-state index < -0.39 is 17.7 Å². The van der Waals surface area contributed by atoms with Crippen molar-refractivity contribution in [3.05, 3.63) is 329 Å². The lowest BCUT2D eigenvalue weighted by Gasteiger charge is -2.25. The number of carbonyl (C=O) groups is 4. The van der Waals surface area contributed by atoms with E-state index in [2.05, 4.69) is 56.5 Å². The number of rotatable bonds is 26. The summed E-state index contributed by atoms with van der Waals surface area (Å²) in [5.74, 6) is 0.946. The van der Waals surface area contributed by atoms with Crippen LogP contribution in [-0.4, -0.2) is 132 Å². The van der Waals surface area contributed by atoms with Gasteiger partial charge in [0.1, 0.15) is 53.7 Å². The van der Waals surface area contributed by atoms with Gasteiger partial charge in [0.15, 0.2) is 27.8 Å². The third-order valence-corrected chi connectivity index (χ3v) is 24.4. The number of halogens is 1. The normalized spacial score (nSPS) is 14.2. The molecule has 5 atom stereocenters. The number of aromatic nitrogens is 14. The second-order valence-electron chi connectivity index (χ2n) is 34.8. The first kappa shape index (κ1) is 99.0. The molecule has 9 heterocycles. The molecule has 0 radical (unpaired) electrons. The lowest BCUT2D eigenvalue weighted by Crippen LogP contribution is -2.37. The van der Waals surface area contributed by atoms with Gasteiger partial charge in [0.2, 0.25) is 0 Å². The van der Waals surface area contributed by atoms with Crippen molar-refractivity contribution < 1.29 is 47.6 Å². The van der Waals surface area contributed by atoms with Crippen molar-refractivity contribution in [3.63, 3.8) is 0 Å². The number of fused-ring (bicyclic) bond motifs is 5. The Morgan fingerprint density at radius 2 is 0.836 bits per heavy atom. The summed E-state index contributed by atoms with van der Waals surface area (Å²) in [7, 11) is 4.10. The number of nitrogens with zero attached hydrogens (tertiary/aromatic N) is 14. The summed E-state index contributed by atoms with van der Waals surface area (Å²) < 4.78 is 40.5. The summed E-state index contributed by atoms with van der Waals surface area (Å²) in [6.45, 7) is 19.8. The van der Waals surface area contributed by atoms with E-state index in [4.69, 9.17) is 60.7 Å². The molecule has 34 heteroatoms. The fourth-order valence-corrected chi connectivity index (χ4v) is 17.3. The van der Waals surface area contributed by atoms with Crippen LogP contribution in [0.5, 0.6) is 0 Å². The number of benzene rings is 9. The molecule has 0 saturated carbocycles. The summed E-state index contributed by atoms with van der Waals surface area (Å²) >= 11 is 5.94. The topological polar surface area (TPSA) is 402 Å². The first-order chi connectivity index (χ1) is 67.8. The number of para-hydroxylation sites is 3. The largest absolute Gasteiger partial charge is 0.465 e. The number of hydrogen-bond donors (Lipinski definition) is 6. The number of methoxy groups -OCH3 is 3. The predicted molar refractivity (Wildman–Crippen MR) is 541 cm³/mol. The smallest absolute Gasteiger partial charge is 0.408 e. The fraction of sp³-hybridized carbons (Fsp3) is 0.302. The predicted octanol–water partition coefficient (Wildman–Crippen LogP) is 19.2. The second-order valence-corrected chi connectivity index (χ2v) is 35.2. The SMILES string of the molecule is CC[C@H](N)c1nc2cccc(NCc3ccc(C(=O)OC)c(C)c3)c2c(=O)n1-c1ccccc1.CC[C@H](NC(=O)OC(C)(C)C)c1nc2cccc(NCc3ccc(C(=O)OC)c(C)c3)c2c(=O)n1-c1ccccc1.CC[C@H](Nc1ncnc2c1ncn2C1CCCCO1)c1nc2cccc(NCc3ccc(C(=O)OC)c(C)c3)c2c(=O)n1-c1ccccc1.Clc1ncnc2c1ncn2C1CCCCO1. The Morgan fingerprint density at radius 1 is 0.457 bits per heavy atom. The lowest BCUT2D eigenvalue weighted by atomic mass is 10.0. The Labute approximate surface area is 813 Å². The minimum atomic E-state index is -0.670. The molecule has 7 aromatic heterocycles. The van der Waals surface area contributed by atoms with E-state index in [1.54, 1.807) is 71.4 Å². The third kappa shape index (κ3) is 22.5. The molecular formula is C106H113ClN20O13. The number of amides is 1. The maximum atomic E-state index is 14.6. The minimum absolute atomic E-state index is 0.0321. The summed E-state index contributed by atoms with van der Waals surface area (Å²) in [6.07, 6.45) is 13.9. The minimum Gasteiger partial charge on any atom is -0.465 e. The molecule has 2 saturated heterocycles. The number of hydrogen-bond acceptors (Lipinski definition) is 27. The van der Waals surface area contributed by atoms with Crippen molar-refractivity contribution in [2.45, 2.75) is 176 Å². The maximum Gasteiger partial charge on any atom is 0.408 e. The van der Waals surface area contributed by atoms with E-state index in [-0.39, 0.29) is 59.1 Å². The number of ether oxygens (including phenoxy) is 6. The van der Waals surface area contributed by atoms with E-state index in [1.807, 2.05) is 227 Å². The van der Waals surface area contributed by atoms with Gasteiger partial charge in [-0.25, -0.2) is 64.0 Å². The molecule has 16 aromatic rings. The number of esters is 3. The second kappa shape index (κ2) is 45.2. The van der Waals surface area contributed by atoms with Gasteiger partial charge in [-0.1, -0.05) is 142 Å². The van der Waals surface area contributed by atoms with Gasteiger partial charge in [-0.05, 0) is 224 Å². The summed E-state index contributed by atoms with van der Waals surface area (Å²) in [4.78, 5) is 132. The average Bonchev–Trinajstić information content (AvgIpc) is 1.01. The highest BCUT2D eigenvalue weighted by atomic mass is 35.5. The standard InChI is InChI=1S/C37H38N8O4.C32H36N4O5.C27H28N4O3.C10H11ClN4O/c1-4-27(42-33-32-35(40-21-39-33)44(22-41-32)30-15-8-9-18-49-30)34-43-29-14-10-13-28(31(29)36(46)45(34)25-11-6-5-7-12-25)38-20-24-16-17-26(23(2)19-24)37(47)48-3;1-7-24(35-31(39)41-32(3,4)5)28-34-26-15-11-14-25(27(26)29(37)36(28)22-12-9-8-10-13-22)33-19-21-16-17-23(20(2)18-21)30(38)40-6;1-4-21(28)25-30-23-12-8-11-22(24(23)26(32)31(25)19-9-6-5-7-10-19)29-16-18-13-14-20(17(2)15-18)27(33)34-3;11-9-8-10(13-5-12-9)15(6-14-8)7-3-1-2-4-16-7/h5-7,10-14,16-17,19,21-22,27,30,38H,4,8-9,15,18,20H2,1-3H3,(H,39,40,42);8-18,24,33H,7,19H2,1-6H3,(H,35,39);5-15,21,29H,4,16,28H2,1-3H3;5-7H,1-4H2/t27-,30?;24-;21-;/m000./s1. The fourth-order valence-electron chi connectivity index (χ4n) is 17.1. The molecule has 140 heavy (non-hydrogen) atoms. The highest BCUT2D eigenvalue weighted by Crippen LogP contribution is 2.35. The lowest BCUT2D eigenvalue weighted by molar-refractivity contribution is -0.0299. The first-order valence-corrected chi connectivity index (χ1v) is 47.0. The first-order valence-electron chi connectivity index (χ1n) is 46.6. The Kier molecular flexibility index (Phi) is 32.0. The van der Waals surface area contributed by atoms with Crippen molar-refractivity contribution >= 4 is 114 Å². The van der Waals surface area contributed by atoms with Crippen molar-refractivity contribution in [1.82, 2.24) is 73.0 Å². The van der Waals surface area contributed by atoms with Gasteiger partial charge in [-0.15, -0.1) is 0 Å². The zero-order chi connectivity index (χ0) is 98.8. The van der Waals surface area contributed by atoms with Crippen molar-refractivity contribution in [2.24, 2.45) is 5.73 Å². The Hall–Kier alpha value is -15.5. The molecule has 33 nitrogen and oxygen atoms in total. The van der Waals surface area contributed by atoms with Gasteiger partial charge in [-0.3, -0.25) is 37.2 Å². The van der Waals surface area contributed by atoms with Crippen LogP contribution < -0.4 is 49.0 Å². The molecule has 2 aliphatic rings. The van der Waals surface area contributed by atoms with Crippen molar-refractivity contribution in [3.8, 4) is 17.1 Å². The number of nitrogens with two attached hydrogens (primary N) is 1. The number of alkyl carbamates (subject to hydrolysis) is 1. The molecule has 0 aliphatic carbocycles. The molecule has 7 N–H and O–H groups in total. The zero-order valence-electron chi connectivity index (χ0n) is 80.2. The van der Waals surface area contributed by atoms with Crippen molar-refractivity contribution in [2.75, 3.05) is 55.8 Å². The van der Waals surface area contributed by atoms with Gasteiger partial charge in [0.25, 0.3) is 16.7 Å². The van der Waals surface area contributed by atoms with Crippen LogP contribution in [0.25, 0.3) is 72.1 Å². The van der Waals surface area contributed by atoms with Crippen LogP contribution >= 0.6 is 11.6 Å². The highest BCUT2D eigenvalue weighted by molar-refractivity contribution is 6.33. The van der Waals surface area contributed by atoms with Gasteiger partial charge in [0, 0.05) is 49.9 Å². The van der Waals surface area contributed by atoms with Crippen LogP contribution in [0.2, 0.25) is 5.15 Å². The van der Waals surface area contributed by atoms with E-state index >= 15 is 0 Å². The van der Waals surface area contributed by atoms with Crippen molar-refractivity contribution in [1.29, 1.82) is 0 Å². The molecule has 0 bridgehead atoms. The van der Waals surface area contributed by atoms with E-state index in [0.717, 1.165) is 83.4 Å². The third-order valence-electron chi connectivity index (χ3n) is 24.2. The van der Waals surface area contributed by atoms with Crippen LogP contribution in [-0.2, 0) is 48.1 Å². The quantitative estimate of drug-likeness (QED) is 0.0167. The van der Waals surface area contributed by atoms with Crippen LogP contribution in [0.3, 0.4) is 0 Å². The molecule has 2 aliphatic heterocycles. The molecule has 1 amide bonds. The molecule has 2 fully saturated rings. The van der Waals surface area contributed by atoms with Crippen LogP contribution in [0.1, 0.15) is 212 Å². The average molecular weight is 1910 g/mol. The van der Waals surface area contributed by atoms with Crippen LogP contribution in [0.15, 0.2) is 240 Å². The Balaban J connectivity index is 0.000000149. The summed E-state index contributed by atoms with van der Waals surface area (Å²) in [6, 6.07) is 60.2. The number of imidazole rings is 2. The summed E-state index contributed by atoms with van der Waals surface area (Å²) in [5, 5.41) is 18.4. The molecular weight excluding hydrogens is 1800 g/mol. The van der Waals surface area contributed by atoms with Crippen LogP contribution in [0, 0.1) is 20.8 Å². The van der Waals surface area contributed by atoms with E-state index in [9.17, 15) is 33.6 Å². The molecule has 9 aromatic carbocycles. The maximum absolute atomic E-state index is 14.6. The van der Waals surface area contributed by atoms with E-state index in [0.29, 0.717) is 168 Å². The van der Waals surface area contributed by atoms with E-state index in [1.165, 1.54) is 40.4 Å². The Morgan fingerprint density at radius 3 is 1.21 bits per heavy atom. The Bertz CT molecular complexity index is 7360. The number of anilines is 4. The highest BCUT2D eigenvalue weighted by Gasteiger charge is 2.31. The van der Waals surface area contributed by atoms with Gasteiger partial charge < -0.3 is 60.7 Å². The molecule has 722 valence electrons. The van der Waals surface area contributed by atoms with Gasteiger partial charge >= 0.3 is 24.0 Å². The van der Waals surface area contributed by atoms with Gasteiger partial charge in [0.05, 0.1) is 119 Å². The number of nitrogens with one attached hydrogen (secondary N) is 5. The summed E-state index contributed by atoms with van der Waals surface area (Å²) in [5.41, 5.74) is 20.3. The molecule has 2 unspecified atom stereocenters. The number of carbonyl (C=O) groups excluding carboxylic acids is 4. The number of aryl methyl sites for hydroxylation is 3. The zero-order valence-corrected chi connectivity index (χ0v) is 80.9. The van der Waals surface area contributed by atoms with Gasteiger partial charge in [-0.2, -0.15) is 0 Å². The monoisotopic (exact) mass is 1910 g/mol. The molecule has 18 rings (SSSR count). The van der Waals surface area contributed by atoms with Crippen LogP contribution in [0.4, 0.5) is 27.7 Å². The molecule has 0 spiro atoms.